The third-order valence-corrected chi connectivity index (χ3v) is 5.48. The predicted octanol–water partition coefficient (Wildman–Crippen LogP) is 5.69. The zero-order chi connectivity index (χ0) is 19.5. The molecule has 0 bridgehead atoms. The van der Waals surface area contributed by atoms with Crippen molar-refractivity contribution in [2.24, 2.45) is 0 Å². The summed E-state index contributed by atoms with van der Waals surface area (Å²) < 4.78 is 0. The number of para-hydroxylation sites is 1. The summed E-state index contributed by atoms with van der Waals surface area (Å²) in [5.74, 6) is -0.132. The number of nitrogens with one attached hydrogen (secondary N) is 2. The standard InChI is InChI=1S/C24H21ClN2O/c1-16-8-2-3-9-17(16)24(28)27-15-20(18-10-4-6-12-22(18)25)21-14-26-23-13-7-5-11-19(21)23/h2-14,20,26H,15H2,1H3,(H,27,28)/t20-/m0/s1. The van der Waals surface area contributed by atoms with E-state index in [1.807, 2.05) is 73.8 Å². The lowest BCUT2D eigenvalue weighted by atomic mass is 9.90. The molecule has 4 rings (SSSR count). The van der Waals surface area contributed by atoms with Gasteiger partial charge in [0, 0.05) is 40.1 Å². The van der Waals surface area contributed by atoms with Crippen molar-refractivity contribution in [2.75, 3.05) is 6.54 Å². The van der Waals surface area contributed by atoms with E-state index in [1.165, 1.54) is 0 Å². The molecule has 2 N–H and O–H groups in total. The molecule has 0 saturated heterocycles. The Kier molecular flexibility index (Phi) is 5.18. The van der Waals surface area contributed by atoms with Gasteiger partial charge < -0.3 is 10.3 Å². The van der Waals surface area contributed by atoms with Crippen LogP contribution in [0, 0.1) is 6.92 Å². The van der Waals surface area contributed by atoms with Crippen LogP contribution in [0.1, 0.15) is 33.0 Å². The van der Waals surface area contributed by atoms with Gasteiger partial charge in [-0.3, -0.25) is 4.79 Å². The number of aryl methyl sites for hydroxylation is 1. The van der Waals surface area contributed by atoms with E-state index >= 15 is 0 Å². The summed E-state index contributed by atoms with van der Waals surface area (Å²) >= 11 is 6.52. The zero-order valence-corrected chi connectivity index (χ0v) is 16.3. The molecule has 0 unspecified atom stereocenters. The number of rotatable bonds is 5. The van der Waals surface area contributed by atoms with Crippen molar-refractivity contribution < 1.29 is 4.79 Å². The largest absolute Gasteiger partial charge is 0.361 e. The van der Waals surface area contributed by atoms with Crippen LogP contribution in [-0.2, 0) is 0 Å². The summed E-state index contributed by atoms with van der Waals surface area (Å²) in [7, 11) is 0. The average Bonchev–Trinajstić information content (AvgIpc) is 3.14. The Balaban J connectivity index is 1.69. The van der Waals surface area contributed by atoms with Gasteiger partial charge in [-0.25, -0.2) is 0 Å². The molecule has 1 atom stereocenters. The lowest BCUT2D eigenvalue weighted by Gasteiger charge is -2.20. The van der Waals surface area contributed by atoms with Crippen LogP contribution in [0.15, 0.2) is 79.0 Å². The molecular formula is C24H21ClN2O. The van der Waals surface area contributed by atoms with Crippen molar-refractivity contribution in [1.29, 1.82) is 0 Å². The molecule has 0 aliphatic heterocycles. The number of amides is 1. The Labute approximate surface area is 169 Å². The van der Waals surface area contributed by atoms with Crippen LogP contribution in [0.5, 0.6) is 0 Å². The maximum absolute atomic E-state index is 12.8. The number of aromatic nitrogens is 1. The summed E-state index contributed by atoms with van der Waals surface area (Å²) in [5, 5.41) is 4.94. The lowest BCUT2D eigenvalue weighted by Crippen LogP contribution is -2.29. The maximum Gasteiger partial charge on any atom is 0.251 e. The Bertz CT molecular complexity index is 1130. The first-order valence-electron chi connectivity index (χ1n) is 9.29. The summed E-state index contributed by atoms with van der Waals surface area (Å²) in [4.78, 5) is 16.1. The Morgan fingerprint density at radius 2 is 1.68 bits per heavy atom. The van der Waals surface area contributed by atoms with Crippen molar-refractivity contribution in [3.63, 3.8) is 0 Å². The number of fused-ring (bicyclic) bond motifs is 1. The fourth-order valence-electron chi connectivity index (χ4n) is 3.65. The van der Waals surface area contributed by atoms with Gasteiger partial charge in [0.15, 0.2) is 0 Å². The second kappa shape index (κ2) is 7.91. The van der Waals surface area contributed by atoms with E-state index in [2.05, 4.69) is 22.4 Å². The highest BCUT2D eigenvalue weighted by molar-refractivity contribution is 6.31. The number of halogens is 1. The maximum atomic E-state index is 12.8. The van der Waals surface area contributed by atoms with Crippen molar-refractivity contribution in [1.82, 2.24) is 10.3 Å². The molecule has 4 heteroatoms. The molecule has 1 amide bonds. The molecule has 0 spiro atoms. The summed E-state index contributed by atoms with van der Waals surface area (Å²) in [6.45, 7) is 2.40. The topological polar surface area (TPSA) is 44.9 Å². The highest BCUT2D eigenvalue weighted by Crippen LogP contribution is 2.34. The Morgan fingerprint density at radius 1 is 0.964 bits per heavy atom. The van der Waals surface area contributed by atoms with Crippen molar-refractivity contribution >= 4 is 28.4 Å². The fourth-order valence-corrected chi connectivity index (χ4v) is 3.91. The fraction of sp³-hybridized carbons (Fsp3) is 0.125. The van der Waals surface area contributed by atoms with E-state index in [0.717, 1.165) is 27.6 Å². The monoisotopic (exact) mass is 388 g/mol. The molecule has 0 radical (unpaired) electrons. The van der Waals surface area contributed by atoms with Crippen LogP contribution >= 0.6 is 11.6 Å². The second-order valence-corrected chi connectivity index (χ2v) is 7.30. The van der Waals surface area contributed by atoms with E-state index < -0.39 is 0 Å². The van der Waals surface area contributed by atoms with Gasteiger partial charge in [0.05, 0.1) is 0 Å². The van der Waals surface area contributed by atoms with Gasteiger partial charge in [-0.2, -0.15) is 0 Å². The quantitative estimate of drug-likeness (QED) is 0.453. The first kappa shape index (κ1) is 18.3. The van der Waals surface area contributed by atoms with E-state index in [1.54, 1.807) is 0 Å². The summed E-state index contributed by atoms with van der Waals surface area (Å²) in [6, 6.07) is 23.6. The second-order valence-electron chi connectivity index (χ2n) is 6.89. The van der Waals surface area contributed by atoms with Crippen molar-refractivity contribution in [3.8, 4) is 0 Å². The van der Waals surface area contributed by atoms with Crippen molar-refractivity contribution in [3.05, 3.63) is 106 Å². The number of hydrogen-bond donors (Lipinski definition) is 2. The number of H-pyrrole nitrogens is 1. The highest BCUT2D eigenvalue weighted by Gasteiger charge is 2.21. The number of carbonyl (C=O) groups excluding carboxylic acids is 1. The van der Waals surface area contributed by atoms with Crippen LogP contribution in [0.2, 0.25) is 5.02 Å². The van der Waals surface area contributed by atoms with Gasteiger partial charge in [0.2, 0.25) is 0 Å². The van der Waals surface area contributed by atoms with Gasteiger partial charge in [0.1, 0.15) is 0 Å². The van der Waals surface area contributed by atoms with Crippen LogP contribution in [-0.4, -0.2) is 17.4 Å². The Hall–Kier alpha value is -3.04. The molecule has 1 heterocycles. The van der Waals surface area contributed by atoms with Crippen LogP contribution in [0.4, 0.5) is 0 Å². The summed E-state index contributed by atoms with van der Waals surface area (Å²) in [6.07, 6.45) is 2.01. The minimum atomic E-state index is -0.0741. The van der Waals surface area contributed by atoms with Gasteiger partial charge in [-0.15, -0.1) is 0 Å². The van der Waals surface area contributed by atoms with Crippen molar-refractivity contribution in [2.45, 2.75) is 12.8 Å². The number of hydrogen-bond acceptors (Lipinski definition) is 1. The van der Waals surface area contributed by atoms with Gasteiger partial charge in [-0.1, -0.05) is 66.2 Å². The molecular weight excluding hydrogens is 368 g/mol. The van der Waals surface area contributed by atoms with E-state index in [0.29, 0.717) is 17.1 Å². The third-order valence-electron chi connectivity index (χ3n) is 5.13. The first-order chi connectivity index (χ1) is 13.6. The molecule has 4 aromatic rings. The lowest BCUT2D eigenvalue weighted by molar-refractivity contribution is 0.0952. The average molecular weight is 389 g/mol. The minimum absolute atomic E-state index is 0.0576. The molecule has 0 saturated carbocycles. The Morgan fingerprint density at radius 3 is 2.50 bits per heavy atom. The highest BCUT2D eigenvalue weighted by atomic mass is 35.5. The smallest absolute Gasteiger partial charge is 0.251 e. The molecule has 140 valence electrons. The predicted molar refractivity (Wildman–Crippen MR) is 115 cm³/mol. The van der Waals surface area contributed by atoms with E-state index in [4.69, 9.17) is 11.6 Å². The molecule has 3 nitrogen and oxygen atoms in total. The molecule has 1 aromatic heterocycles. The van der Waals surface area contributed by atoms with E-state index in [-0.39, 0.29) is 11.8 Å². The van der Waals surface area contributed by atoms with Crippen LogP contribution in [0.25, 0.3) is 10.9 Å². The first-order valence-corrected chi connectivity index (χ1v) is 9.67. The SMILES string of the molecule is Cc1ccccc1C(=O)NC[C@@H](c1ccccc1Cl)c1c[nH]c2ccccc12. The third kappa shape index (κ3) is 3.54. The molecule has 0 fully saturated rings. The minimum Gasteiger partial charge on any atom is -0.361 e. The number of benzene rings is 3. The molecule has 0 aliphatic carbocycles. The molecule has 0 aliphatic rings. The summed E-state index contributed by atoms with van der Waals surface area (Å²) in [5.41, 5.74) is 4.84. The van der Waals surface area contributed by atoms with E-state index in [9.17, 15) is 4.79 Å². The van der Waals surface area contributed by atoms with Gasteiger partial charge >= 0.3 is 0 Å². The van der Waals surface area contributed by atoms with Gasteiger partial charge in [0.25, 0.3) is 5.91 Å². The molecule has 3 aromatic carbocycles. The van der Waals surface area contributed by atoms with Crippen LogP contribution < -0.4 is 5.32 Å². The normalized spacial score (nSPS) is 12.1. The van der Waals surface area contributed by atoms with Crippen LogP contribution in [0.3, 0.4) is 0 Å². The molecule has 28 heavy (non-hydrogen) atoms. The number of carbonyl (C=O) groups is 1. The zero-order valence-electron chi connectivity index (χ0n) is 15.6. The number of aromatic amines is 1. The van der Waals surface area contributed by atoms with Gasteiger partial charge in [-0.05, 0) is 41.8 Å².